The zero-order valence-corrected chi connectivity index (χ0v) is 13.8. The van der Waals surface area contributed by atoms with E-state index in [0.29, 0.717) is 37.0 Å². The van der Waals surface area contributed by atoms with Gasteiger partial charge in [0.15, 0.2) is 18.1 Å². The fourth-order valence-corrected chi connectivity index (χ4v) is 2.45. The van der Waals surface area contributed by atoms with E-state index in [9.17, 15) is 4.79 Å². The minimum Gasteiger partial charge on any atom is -0.486 e. The Morgan fingerprint density at radius 2 is 1.83 bits per heavy atom. The summed E-state index contributed by atoms with van der Waals surface area (Å²) in [5.74, 6) is 1.98. The van der Waals surface area contributed by atoms with E-state index in [1.165, 1.54) is 0 Å². The maximum absolute atomic E-state index is 11.8. The number of carbonyl (C=O) groups is 1. The summed E-state index contributed by atoms with van der Waals surface area (Å²) in [5, 5.41) is 3.46. The Morgan fingerprint density at radius 1 is 1.08 bits per heavy atom. The predicted octanol–water partition coefficient (Wildman–Crippen LogP) is 2.85. The van der Waals surface area contributed by atoms with Crippen LogP contribution in [0.25, 0.3) is 0 Å². The van der Waals surface area contributed by atoms with Crippen LogP contribution < -0.4 is 19.5 Å². The summed E-state index contributed by atoms with van der Waals surface area (Å²) in [6, 6.07) is 12.7. The Kier molecular flexibility index (Phi) is 5.43. The lowest BCUT2D eigenvalue weighted by molar-refractivity contribution is -0.123. The molecule has 0 fully saturated rings. The normalized spacial score (nSPS) is 12.5. The molecule has 0 saturated carbocycles. The van der Waals surface area contributed by atoms with E-state index in [1.54, 1.807) is 24.3 Å². The second-order valence-corrected chi connectivity index (χ2v) is 5.76. The molecule has 3 rings (SSSR count). The first-order valence-corrected chi connectivity index (χ1v) is 8.12. The van der Waals surface area contributed by atoms with Gasteiger partial charge >= 0.3 is 0 Å². The molecule has 2 aromatic rings. The molecule has 1 amide bonds. The summed E-state index contributed by atoms with van der Waals surface area (Å²) in [6.07, 6.45) is 0.712. The van der Waals surface area contributed by atoms with E-state index in [1.807, 2.05) is 18.2 Å². The molecule has 1 heterocycles. The molecule has 24 heavy (non-hydrogen) atoms. The molecule has 0 atom stereocenters. The number of fused-ring (bicyclic) bond motifs is 1. The molecule has 6 heteroatoms. The Bertz CT molecular complexity index is 703. The van der Waals surface area contributed by atoms with Gasteiger partial charge < -0.3 is 19.5 Å². The molecule has 0 saturated heterocycles. The lowest BCUT2D eigenvalue weighted by Crippen LogP contribution is -2.30. The molecule has 126 valence electrons. The van der Waals surface area contributed by atoms with E-state index in [2.05, 4.69) is 5.32 Å². The van der Waals surface area contributed by atoms with Gasteiger partial charge in [0, 0.05) is 11.6 Å². The maximum atomic E-state index is 11.8. The molecule has 0 bridgehead atoms. The van der Waals surface area contributed by atoms with E-state index in [0.717, 1.165) is 17.1 Å². The van der Waals surface area contributed by atoms with E-state index >= 15 is 0 Å². The van der Waals surface area contributed by atoms with Crippen molar-refractivity contribution in [3.63, 3.8) is 0 Å². The number of ether oxygens (including phenoxy) is 3. The average Bonchev–Trinajstić information content (AvgIpc) is 2.61. The first-order valence-electron chi connectivity index (χ1n) is 7.74. The topological polar surface area (TPSA) is 56.8 Å². The minimum absolute atomic E-state index is 0.0250. The quantitative estimate of drug-likeness (QED) is 0.873. The Hall–Kier alpha value is -2.40. The van der Waals surface area contributed by atoms with E-state index < -0.39 is 0 Å². The zero-order chi connectivity index (χ0) is 16.8. The first-order chi connectivity index (χ1) is 11.7. The highest BCUT2D eigenvalue weighted by Crippen LogP contribution is 2.30. The van der Waals surface area contributed by atoms with Crippen molar-refractivity contribution in [1.82, 2.24) is 5.32 Å². The predicted molar refractivity (Wildman–Crippen MR) is 91.1 cm³/mol. The average molecular weight is 348 g/mol. The van der Waals surface area contributed by atoms with Crippen LogP contribution in [0.2, 0.25) is 5.02 Å². The Balaban J connectivity index is 1.41. The zero-order valence-electron chi connectivity index (χ0n) is 13.1. The van der Waals surface area contributed by atoms with Gasteiger partial charge in [-0.1, -0.05) is 17.7 Å². The van der Waals surface area contributed by atoms with Crippen molar-refractivity contribution in [3.05, 3.63) is 53.1 Å². The van der Waals surface area contributed by atoms with Gasteiger partial charge in [0.2, 0.25) is 0 Å². The summed E-state index contributed by atoms with van der Waals surface area (Å²) in [5.41, 5.74) is 1.08. The van der Waals surface area contributed by atoms with Crippen molar-refractivity contribution in [2.24, 2.45) is 0 Å². The van der Waals surface area contributed by atoms with Crippen LogP contribution in [-0.2, 0) is 11.2 Å². The lowest BCUT2D eigenvalue weighted by atomic mass is 10.1. The molecule has 0 aliphatic carbocycles. The van der Waals surface area contributed by atoms with Crippen LogP contribution in [0.4, 0.5) is 0 Å². The standard InChI is InChI=1S/C18H18ClNO4/c19-14-2-4-15(5-3-14)24-12-18(21)20-8-7-13-1-6-16-17(11-13)23-10-9-22-16/h1-6,11H,7-10,12H2,(H,20,21). The highest BCUT2D eigenvalue weighted by atomic mass is 35.5. The molecule has 0 aromatic heterocycles. The number of hydrogen-bond acceptors (Lipinski definition) is 4. The van der Waals surface area contributed by atoms with Crippen LogP contribution in [0.15, 0.2) is 42.5 Å². The molecule has 1 aliphatic heterocycles. The minimum atomic E-state index is -0.164. The molecular weight excluding hydrogens is 330 g/mol. The number of carbonyl (C=O) groups excluding carboxylic acids is 1. The number of amides is 1. The van der Waals surface area contributed by atoms with Gasteiger partial charge in [-0.15, -0.1) is 0 Å². The van der Waals surface area contributed by atoms with Gasteiger partial charge in [0.05, 0.1) is 0 Å². The SMILES string of the molecule is O=C(COc1ccc(Cl)cc1)NCCc1ccc2c(c1)OCCO2. The summed E-state index contributed by atoms with van der Waals surface area (Å²) in [6.45, 7) is 1.65. The molecule has 2 aromatic carbocycles. The molecule has 5 nitrogen and oxygen atoms in total. The number of nitrogens with one attached hydrogen (secondary N) is 1. The second kappa shape index (κ2) is 7.93. The van der Waals surface area contributed by atoms with Crippen LogP contribution in [0.5, 0.6) is 17.2 Å². The van der Waals surface area contributed by atoms with Crippen LogP contribution in [-0.4, -0.2) is 32.3 Å². The molecule has 0 radical (unpaired) electrons. The third-order valence-electron chi connectivity index (χ3n) is 3.53. The van der Waals surface area contributed by atoms with E-state index in [-0.39, 0.29) is 12.5 Å². The Labute approximate surface area is 145 Å². The third kappa shape index (κ3) is 4.55. The molecular formula is C18H18ClNO4. The monoisotopic (exact) mass is 347 g/mol. The number of rotatable bonds is 6. The van der Waals surface area contributed by atoms with Crippen LogP contribution in [0.1, 0.15) is 5.56 Å². The van der Waals surface area contributed by atoms with Crippen LogP contribution >= 0.6 is 11.6 Å². The van der Waals surface area contributed by atoms with Crippen molar-refractivity contribution < 1.29 is 19.0 Å². The Morgan fingerprint density at radius 3 is 2.62 bits per heavy atom. The number of halogens is 1. The van der Waals surface area contributed by atoms with Crippen molar-refractivity contribution in [3.8, 4) is 17.2 Å². The van der Waals surface area contributed by atoms with Gasteiger partial charge in [-0.25, -0.2) is 0 Å². The number of benzene rings is 2. The van der Waals surface area contributed by atoms with Crippen molar-refractivity contribution >= 4 is 17.5 Å². The fraction of sp³-hybridized carbons (Fsp3) is 0.278. The molecule has 0 spiro atoms. The van der Waals surface area contributed by atoms with Gasteiger partial charge in [-0.2, -0.15) is 0 Å². The first kappa shape index (κ1) is 16.5. The fourth-order valence-electron chi connectivity index (χ4n) is 2.32. The van der Waals surface area contributed by atoms with Crippen molar-refractivity contribution in [2.75, 3.05) is 26.4 Å². The van der Waals surface area contributed by atoms with E-state index in [4.69, 9.17) is 25.8 Å². The summed E-state index contributed by atoms with van der Waals surface area (Å²) >= 11 is 5.79. The third-order valence-corrected chi connectivity index (χ3v) is 3.78. The number of hydrogen-bond donors (Lipinski definition) is 1. The maximum Gasteiger partial charge on any atom is 0.257 e. The van der Waals surface area contributed by atoms with Crippen molar-refractivity contribution in [1.29, 1.82) is 0 Å². The van der Waals surface area contributed by atoms with Gasteiger partial charge in [-0.3, -0.25) is 4.79 Å². The van der Waals surface area contributed by atoms with Gasteiger partial charge in [0.25, 0.3) is 5.91 Å². The molecule has 0 unspecified atom stereocenters. The summed E-state index contributed by atoms with van der Waals surface area (Å²) < 4.78 is 16.4. The highest BCUT2D eigenvalue weighted by Gasteiger charge is 2.11. The van der Waals surface area contributed by atoms with Gasteiger partial charge in [0.1, 0.15) is 19.0 Å². The molecule has 1 aliphatic rings. The summed E-state index contributed by atoms with van der Waals surface area (Å²) in [4.78, 5) is 11.8. The highest BCUT2D eigenvalue weighted by molar-refractivity contribution is 6.30. The van der Waals surface area contributed by atoms with Crippen molar-refractivity contribution in [2.45, 2.75) is 6.42 Å². The van der Waals surface area contributed by atoms with Crippen LogP contribution in [0.3, 0.4) is 0 Å². The lowest BCUT2D eigenvalue weighted by Gasteiger charge is -2.18. The van der Waals surface area contributed by atoms with Crippen LogP contribution in [0, 0.1) is 0 Å². The summed E-state index contributed by atoms with van der Waals surface area (Å²) in [7, 11) is 0. The smallest absolute Gasteiger partial charge is 0.257 e. The largest absolute Gasteiger partial charge is 0.486 e. The molecule has 1 N–H and O–H groups in total. The second-order valence-electron chi connectivity index (χ2n) is 5.32. The van der Waals surface area contributed by atoms with Gasteiger partial charge in [-0.05, 0) is 48.4 Å².